The van der Waals surface area contributed by atoms with Gasteiger partial charge in [0.15, 0.2) is 0 Å². The second-order valence-electron chi connectivity index (χ2n) is 7.64. The van der Waals surface area contributed by atoms with Crippen molar-refractivity contribution in [3.05, 3.63) is 23.8 Å². The van der Waals surface area contributed by atoms with Crippen LogP contribution in [0.25, 0.3) is 0 Å². The predicted molar refractivity (Wildman–Crippen MR) is 86.1 cm³/mol. The number of phenolic OH excluding ortho intramolecular Hbond substituents is 2. The van der Waals surface area contributed by atoms with E-state index in [0.717, 1.165) is 37.0 Å². The highest BCUT2D eigenvalue weighted by atomic mass is 16.3. The second kappa shape index (κ2) is 5.25. The van der Waals surface area contributed by atoms with Crippen LogP contribution in [-0.4, -0.2) is 22.3 Å². The predicted octanol–water partition coefficient (Wildman–Crippen LogP) is 2.76. The van der Waals surface area contributed by atoms with E-state index < -0.39 is 0 Å². The largest absolute Gasteiger partial charge is 0.508 e. The summed E-state index contributed by atoms with van der Waals surface area (Å²) in [5.41, 5.74) is 2.93. The van der Waals surface area contributed by atoms with Crippen molar-refractivity contribution in [2.24, 2.45) is 28.3 Å². The lowest BCUT2D eigenvalue weighted by molar-refractivity contribution is -0.146. The van der Waals surface area contributed by atoms with Crippen LogP contribution in [-0.2, 0) is 4.79 Å². The number of hydrogen-bond acceptors (Lipinski definition) is 4. The maximum absolute atomic E-state index is 12.7. The van der Waals surface area contributed by atoms with E-state index >= 15 is 0 Å². The molecule has 5 nitrogen and oxygen atoms in total. The molecule has 23 heavy (non-hydrogen) atoms. The Labute approximate surface area is 135 Å². The number of rotatable bonds is 3. The van der Waals surface area contributed by atoms with E-state index in [9.17, 15) is 15.0 Å². The van der Waals surface area contributed by atoms with E-state index in [1.165, 1.54) is 37.6 Å². The van der Waals surface area contributed by atoms with Crippen molar-refractivity contribution in [1.82, 2.24) is 5.43 Å². The zero-order valence-electron chi connectivity index (χ0n) is 13.0. The molecule has 1 aromatic carbocycles. The first-order valence-electron chi connectivity index (χ1n) is 8.39. The number of phenols is 2. The molecule has 4 fully saturated rings. The lowest BCUT2D eigenvalue weighted by Gasteiger charge is -2.55. The topological polar surface area (TPSA) is 81.9 Å². The maximum Gasteiger partial charge on any atom is 0.246 e. The zero-order chi connectivity index (χ0) is 16.0. The Kier molecular flexibility index (Phi) is 3.32. The van der Waals surface area contributed by atoms with E-state index in [-0.39, 0.29) is 22.8 Å². The summed E-state index contributed by atoms with van der Waals surface area (Å²) in [4.78, 5) is 12.7. The Balaban J connectivity index is 1.45. The number of nitrogens with one attached hydrogen (secondary N) is 1. The molecule has 0 aromatic heterocycles. The van der Waals surface area contributed by atoms with Gasteiger partial charge in [-0.3, -0.25) is 4.79 Å². The van der Waals surface area contributed by atoms with Gasteiger partial charge in [-0.15, -0.1) is 0 Å². The summed E-state index contributed by atoms with van der Waals surface area (Å²) in [7, 11) is 0. The molecule has 0 atom stereocenters. The summed E-state index contributed by atoms with van der Waals surface area (Å²) >= 11 is 0. The third-order valence-electron chi connectivity index (χ3n) is 5.90. The summed E-state index contributed by atoms with van der Waals surface area (Å²) in [6, 6.07) is 4.29. The van der Waals surface area contributed by atoms with Crippen LogP contribution in [0.3, 0.4) is 0 Å². The van der Waals surface area contributed by atoms with E-state index in [1.807, 2.05) is 0 Å². The van der Waals surface area contributed by atoms with E-state index in [0.29, 0.717) is 5.56 Å². The number of benzene rings is 1. The lowest BCUT2D eigenvalue weighted by Crippen LogP contribution is -2.52. The van der Waals surface area contributed by atoms with Gasteiger partial charge in [-0.1, -0.05) is 0 Å². The van der Waals surface area contributed by atoms with Gasteiger partial charge in [0, 0.05) is 11.6 Å². The molecule has 1 amide bonds. The summed E-state index contributed by atoms with van der Waals surface area (Å²) in [6.45, 7) is 0. The van der Waals surface area contributed by atoms with Crippen LogP contribution >= 0.6 is 0 Å². The fraction of sp³-hybridized carbons (Fsp3) is 0.556. The monoisotopic (exact) mass is 314 g/mol. The van der Waals surface area contributed by atoms with E-state index in [2.05, 4.69) is 10.5 Å². The molecule has 4 aliphatic rings. The van der Waals surface area contributed by atoms with Gasteiger partial charge in [0.05, 0.1) is 11.6 Å². The molecule has 0 unspecified atom stereocenters. The van der Waals surface area contributed by atoms with Crippen LogP contribution in [0.15, 0.2) is 23.3 Å². The summed E-state index contributed by atoms with van der Waals surface area (Å²) < 4.78 is 0. The van der Waals surface area contributed by atoms with Crippen molar-refractivity contribution in [3.63, 3.8) is 0 Å². The molecular formula is C18H22N2O3. The molecule has 0 radical (unpaired) electrons. The SMILES string of the molecule is O=C(NN=Cc1ccc(O)cc1O)C12CC3CC(CC(C3)C1)C2. The van der Waals surface area contributed by atoms with Gasteiger partial charge in [-0.25, -0.2) is 5.43 Å². The zero-order valence-corrected chi connectivity index (χ0v) is 13.0. The molecule has 1 aromatic rings. The first kappa shape index (κ1) is 14.5. The molecule has 0 spiro atoms. The highest BCUT2D eigenvalue weighted by Crippen LogP contribution is 2.60. The van der Waals surface area contributed by atoms with Crippen LogP contribution in [0, 0.1) is 23.2 Å². The number of hydrazone groups is 1. The highest BCUT2D eigenvalue weighted by Gasteiger charge is 2.54. The van der Waals surface area contributed by atoms with Gasteiger partial charge in [0.25, 0.3) is 0 Å². The van der Waals surface area contributed by atoms with Gasteiger partial charge in [-0.05, 0) is 68.4 Å². The molecule has 4 saturated carbocycles. The second-order valence-corrected chi connectivity index (χ2v) is 7.64. The quantitative estimate of drug-likeness (QED) is 0.592. The Morgan fingerprint density at radius 2 is 1.74 bits per heavy atom. The fourth-order valence-electron chi connectivity index (χ4n) is 5.31. The van der Waals surface area contributed by atoms with Gasteiger partial charge in [0.2, 0.25) is 5.91 Å². The van der Waals surface area contributed by atoms with Crippen molar-refractivity contribution < 1.29 is 15.0 Å². The van der Waals surface area contributed by atoms with Gasteiger partial charge < -0.3 is 10.2 Å². The standard InChI is InChI=1S/C18H22N2O3/c21-15-2-1-14(16(22)6-15)10-19-20-17(23)18-7-11-3-12(8-18)5-13(4-11)9-18/h1-2,6,10-13,21-22H,3-5,7-9H2,(H,20,23). The molecule has 0 aliphatic heterocycles. The number of carbonyl (C=O) groups is 1. The number of nitrogens with zero attached hydrogens (tertiary/aromatic N) is 1. The average Bonchev–Trinajstić information content (AvgIpc) is 2.48. The van der Waals surface area contributed by atoms with Crippen molar-refractivity contribution in [2.75, 3.05) is 0 Å². The van der Waals surface area contributed by atoms with Gasteiger partial charge >= 0.3 is 0 Å². The summed E-state index contributed by atoms with van der Waals surface area (Å²) in [6.07, 6.45) is 8.35. The van der Waals surface area contributed by atoms with E-state index in [4.69, 9.17) is 0 Å². The highest BCUT2D eigenvalue weighted by molar-refractivity contribution is 5.87. The third-order valence-corrected chi connectivity index (χ3v) is 5.90. The number of aromatic hydroxyl groups is 2. The van der Waals surface area contributed by atoms with Crippen molar-refractivity contribution in [2.45, 2.75) is 38.5 Å². The minimum atomic E-state index is -0.219. The lowest BCUT2D eigenvalue weighted by atomic mass is 9.49. The minimum Gasteiger partial charge on any atom is -0.508 e. The maximum atomic E-state index is 12.7. The molecule has 0 saturated heterocycles. The van der Waals surface area contributed by atoms with Crippen molar-refractivity contribution in [3.8, 4) is 11.5 Å². The van der Waals surface area contributed by atoms with Crippen LogP contribution in [0.1, 0.15) is 44.1 Å². The van der Waals surface area contributed by atoms with Crippen LogP contribution in [0.4, 0.5) is 0 Å². The molecule has 122 valence electrons. The van der Waals surface area contributed by atoms with E-state index in [1.54, 1.807) is 6.07 Å². The van der Waals surface area contributed by atoms with Gasteiger partial charge in [-0.2, -0.15) is 5.10 Å². The Bertz CT molecular complexity index is 633. The van der Waals surface area contributed by atoms with Crippen LogP contribution in [0.2, 0.25) is 0 Å². The Hall–Kier alpha value is -2.04. The van der Waals surface area contributed by atoms with Crippen LogP contribution < -0.4 is 5.43 Å². The summed E-state index contributed by atoms with van der Waals surface area (Å²) in [5.74, 6) is 2.13. The molecular weight excluding hydrogens is 292 g/mol. The molecule has 5 rings (SSSR count). The molecule has 5 heteroatoms. The normalized spacial score (nSPS) is 34.9. The molecule has 4 bridgehead atoms. The third kappa shape index (κ3) is 2.58. The Morgan fingerprint density at radius 1 is 1.13 bits per heavy atom. The summed E-state index contributed by atoms with van der Waals surface area (Å²) in [5, 5.41) is 23.0. The number of carbonyl (C=O) groups excluding carboxylic acids is 1. The van der Waals surface area contributed by atoms with Crippen LogP contribution in [0.5, 0.6) is 11.5 Å². The number of hydrogen-bond donors (Lipinski definition) is 3. The Morgan fingerprint density at radius 3 is 2.30 bits per heavy atom. The molecule has 3 N–H and O–H groups in total. The van der Waals surface area contributed by atoms with Gasteiger partial charge in [0.1, 0.15) is 11.5 Å². The molecule has 0 heterocycles. The first-order chi connectivity index (χ1) is 11.0. The van der Waals surface area contributed by atoms with Crippen molar-refractivity contribution >= 4 is 12.1 Å². The first-order valence-corrected chi connectivity index (χ1v) is 8.39. The smallest absolute Gasteiger partial charge is 0.246 e. The molecule has 4 aliphatic carbocycles. The average molecular weight is 314 g/mol. The fourth-order valence-corrected chi connectivity index (χ4v) is 5.31. The van der Waals surface area contributed by atoms with Crippen molar-refractivity contribution in [1.29, 1.82) is 0 Å². The minimum absolute atomic E-state index is 0.00254. The number of amides is 1.